The summed E-state index contributed by atoms with van der Waals surface area (Å²) in [5, 5.41) is 10.3. The monoisotopic (exact) mass is 360 g/mol. The minimum atomic E-state index is -1.65. The second-order valence-corrected chi connectivity index (χ2v) is 5.16. The van der Waals surface area contributed by atoms with Crippen LogP contribution in [-0.2, 0) is 9.53 Å². The molecule has 0 radical (unpaired) electrons. The van der Waals surface area contributed by atoms with E-state index in [4.69, 9.17) is 18.9 Å². The molecule has 2 aromatic carbocycles. The van der Waals surface area contributed by atoms with Crippen LogP contribution in [0.25, 0.3) is 0 Å². The summed E-state index contributed by atoms with van der Waals surface area (Å²) in [6.45, 7) is 1.72. The first kappa shape index (κ1) is 19.3. The molecular weight excluding hydrogens is 340 g/mol. The quantitative estimate of drug-likeness (QED) is 0.599. The van der Waals surface area contributed by atoms with Crippen LogP contribution < -0.4 is 14.2 Å². The number of methoxy groups -OCH3 is 2. The molecule has 0 saturated heterocycles. The van der Waals surface area contributed by atoms with Gasteiger partial charge in [-0.3, -0.25) is 0 Å². The molecule has 26 heavy (non-hydrogen) atoms. The molecule has 0 heterocycles. The molecule has 0 saturated carbocycles. The number of rotatable bonds is 7. The fourth-order valence-corrected chi connectivity index (χ4v) is 2.26. The van der Waals surface area contributed by atoms with Crippen LogP contribution in [0, 0.1) is 0 Å². The van der Waals surface area contributed by atoms with E-state index in [1.807, 2.05) is 0 Å². The maximum Gasteiger partial charge on any atom is 0.343 e. The van der Waals surface area contributed by atoms with E-state index in [0.717, 1.165) is 0 Å². The number of hydrogen-bond donors (Lipinski definition) is 1. The molecule has 2 rings (SSSR count). The van der Waals surface area contributed by atoms with Crippen molar-refractivity contribution in [2.24, 2.45) is 0 Å². The maximum atomic E-state index is 12.3. The van der Waals surface area contributed by atoms with Crippen molar-refractivity contribution in [3.05, 3.63) is 53.6 Å². The van der Waals surface area contributed by atoms with Crippen LogP contribution in [0.15, 0.2) is 42.5 Å². The summed E-state index contributed by atoms with van der Waals surface area (Å²) < 4.78 is 20.6. The van der Waals surface area contributed by atoms with E-state index >= 15 is 0 Å². The lowest BCUT2D eigenvalue weighted by molar-refractivity contribution is -0.153. The molecule has 1 N–H and O–H groups in total. The predicted octanol–water partition coefficient (Wildman–Crippen LogP) is 2.52. The van der Waals surface area contributed by atoms with Gasteiger partial charge in [0, 0.05) is 11.6 Å². The van der Waals surface area contributed by atoms with Gasteiger partial charge in [-0.05, 0) is 25.1 Å². The number of carbonyl (C=O) groups excluding carboxylic acids is 2. The van der Waals surface area contributed by atoms with Gasteiger partial charge in [-0.25, -0.2) is 9.59 Å². The second-order valence-electron chi connectivity index (χ2n) is 5.16. The summed E-state index contributed by atoms with van der Waals surface area (Å²) in [5.41, 5.74) is 0.351. The molecule has 0 aliphatic carbocycles. The fraction of sp³-hybridized carbons (Fsp3) is 0.263. The Hall–Kier alpha value is -3.06. The van der Waals surface area contributed by atoms with Crippen molar-refractivity contribution in [1.29, 1.82) is 0 Å². The SMILES string of the molecule is CCOC(=O)C(O)c1cc(OC)c(OC)cc1OC(=O)c1ccccc1. The average molecular weight is 360 g/mol. The van der Waals surface area contributed by atoms with E-state index < -0.39 is 18.0 Å². The molecule has 2 aromatic rings. The van der Waals surface area contributed by atoms with Gasteiger partial charge in [-0.2, -0.15) is 0 Å². The molecule has 0 spiro atoms. The van der Waals surface area contributed by atoms with Crippen LogP contribution >= 0.6 is 0 Å². The average Bonchev–Trinajstić information content (AvgIpc) is 2.67. The third kappa shape index (κ3) is 4.31. The minimum Gasteiger partial charge on any atom is -0.493 e. The van der Waals surface area contributed by atoms with Crippen LogP contribution in [0.4, 0.5) is 0 Å². The summed E-state index contributed by atoms with van der Waals surface area (Å²) in [6, 6.07) is 11.1. The zero-order valence-corrected chi connectivity index (χ0v) is 14.7. The Bertz CT molecular complexity index is 771. The lowest BCUT2D eigenvalue weighted by Crippen LogP contribution is -2.18. The van der Waals surface area contributed by atoms with Crippen LogP contribution in [0.5, 0.6) is 17.2 Å². The summed E-state index contributed by atoms with van der Waals surface area (Å²) in [7, 11) is 2.83. The van der Waals surface area contributed by atoms with Gasteiger partial charge in [0.05, 0.1) is 26.4 Å². The second kappa shape index (κ2) is 8.87. The number of benzene rings is 2. The van der Waals surface area contributed by atoms with Crippen molar-refractivity contribution >= 4 is 11.9 Å². The normalized spacial score (nSPS) is 11.4. The lowest BCUT2D eigenvalue weighted by atomic mass is 10.1. The van der Waals surface area contributed by atoms with Gasteiger partial charge in [0.1, 0.15) is 5.75 Å². The Balaban J connectivity index is 2.44. The predicted molar refractivity (Wildman–Crippen MR) is 92.5 cm³/mol. The molecular formula is C19H20O7. The van der Waals surface area contributed by atoms with E-state index in [-0.39, 0.29) is 29.4 Å². The van der Waals surface area contributed by atoms with Crippen LogP contribution in [0.3, 0.4) is 0 Å². The first-order valence-electron chi connectivity index (χ1n) is 7.89. The molecule has 1 unspecified atom stereocenters. The zero-order valence-electron chi connectivity index (χ0n) is 14.7. The zero-order chi connectivity index (χ0) is 19.1. The number of aliphatic hydroxyl groups excluding tert-OH is 1. The number of esters is 2. The number of carbonyl (C=O) groups is 2. The van der Waals surface area contributed by atoms with E-state index in [2.05, 4.69) is 0 Å². The Morgan fingerprint density at radius 1 is 1.00 bits per heavy atom. The van der Waals surface area contributed by atoms with E-state index in [1.165, 1.54) is 26.4 Å². The molecule has 0 fully saturated rings. The summed E-state index contributed by atoms with van der Waals surface area (Å²) in [5.74, 6) is -0.988. The first-order chi connectivity index (χ1) is 12.5. The molecule has 0 aromatic heterocycles. The van der Waals surface area contributed by atoms with Crippen molar-refractivity contribution in [2.45, 2.75) is 13.0 Å². The Morgan fingerprint density at radius 3 is 2.19 bits per heavy atom. The topological polar surface area (TPSA) is 91.3 Å². The Morgan fingerprint density at radius 2 is 1.62 bits per heavy atom. The van der Waals surface area contributed by atoms with Crippen molar-refractivity contribution in [1.82, 2.24) is 0 Å². The minimum absolute atomic E-state index is 0.0305. The van der Waals surface area contributed by atoms with Crippen LogP contribution in [0.1, 0.15) is 28.9 Å². The molecule has 0 amide bonds. The standard InChI is InChI=1S/C19H20O7/c1-4-25-19(22)17(20)13-10-15(23-2)16(24-3)11-14(13)26-18(21)12-8-6-5-7-9-12/h5-11,17,20H,4H2,1-3H3. The summed E-state index contributed by atoms with van der Waals surface area (Å²) in [6.07, 6.45) is -1.65. The van der Waals surface area contributed by atoms with Gasteiger partial charge in [-0.1, -0.05) is 18.2 Å². The number of ether oxygens (including phenoxy) is 4. The van der Waals surface area contributed by atoms with E-state index in [1.54, 1.807) is 37.3 Å². The third-order valence-corrected chi connectivity index (χ3v) is 3.53. The molecule has 0 bridgehead atoms. The van der Waals surface area contributed by atoms with Crippen LogP contribution in [-0.4, -0.2) is 37.9 Å². The van der Waals surface area contributed by atoms with Gasteiger partial charge in [0.2, 0.25) is 0 Å². The highest BCUT2D eigenvalue weighted by Gasteiger charge is 2.26. The third-order valence-electron chi connectivity index (χ3n) is 3.53. The Labute approximate surface area is 151 Å². The highest BCUT2D eigenvalue weighted by Crippen LogP contribution is 2.38. The molecule has 138 valence electrons. The van der Waals surface area contributed by atoms with E-state index in [0.29, 0.717) is 5.56 Å². The molecule has 0 aliphatic heterocycles. The van der Waals surface area contributed by atoms with Crippen molar-refractivity contribution in [3.63, 3.8) is 0 Å². The van der Waals surface area contributed by atoms with Gasteiger partial charge in [-0.15, -0.1) is 0 Å². The fourth-order valence-electron chi connectivity index (χ4n) is 2.26. The van der Waals surface area contributed by atoms with Crippen molar-refractivity contribution < 1.29 is 33.6 Å². The lowest BCUT2D eigenvalue weighted by Gasteiger charge is -2.17. The molecule has 7 heteroatoms. The number of hydrogen-bond acceptors (Lipinski definition) is 7. The Kier molecular flexibility index (Phi) is 6.57. The van der Waals surface area contributed by atoms with Crippen molar-refractivity contribution in [3.8, 4) is 17.2 Å². The first-order valence-corrected chi connectivity index (χ1v) is 7.89. The maximum absolute atomic E-state index is 12.3. The van der Waals surface area contributed by atoms with Gasteiger partial charge in [0.25, 0.3) is 0 Å². The highest BCUT2D eigenvalue weighted by molar-refractivity contribution is 5.91. The smallest absolute Gasteiger partial charge is 0.343 e. The van der Waals surface area contributed by atoms with Gasteiger partial charge < -0.3 is 24.1 Å². The van der Waals surface area contributed by atoms with E-state index in [9.17, 15) is 14.7 Å². The van der Waals surface area contributed by atoms with Crippen LogP contribution in [0.2, 0.25) is 0 Å². The number of aliphatic hydroxyl groups is 1. The van der Waals surface area contributed by atoms with Gasteiger partial charge in [0.15, 0.2) is 17.6 Å². The summed E-state index contributed by atoms with van der Waals surface area (Å²) >= 11 is 0. The molecule has 0 aliphatic rings. The summed E-state index contributed by atoms with van der Waals surface area (Å²) in [4.78, 5) is 24.3. The molecule has 7 nitrogen and oxygen atoms in total. The largest absolute Gasteiger partial charge is 0.493 e. The van der Waals surface area contributed by atoms with Crippen molar-refractivity contribution in [2.75, 3.05) is 20.8 Å². The highest BCUT2D eigenvalue weighted by atomic mass is 16.6. The molecule has 1 atom stereocenters. The van der Waals surface area contributed by atoms with Gasteiger partial charge >= 0.3 is 11.9 Å².